The number of ether oxygens (including phenoxy) is 1. The van der Waals surface area contributed by atoms with Crippen LogP contribution in [0.3, 0.4) is 0 Å². The quantitative estimate of drug-likeness (QED) is 0.460. The van der Waals surface area contributed by atoms with Crippen molar-refractivity contribution in [1.29, 1.82) is 0 Å². The number of aromatic nitrogens is 2. The molecule has 1 atom stereocenters. The van der Waals surface area contributed by atoms with Gasteiger partial charge in [0.05, 0.1) is 17.4 Å². The average Bonchev–Trinajstić information content (AvgIpc) is 3.34. The van der Waals surface area contributed by atoms with Crippen LogP contribution in [0.1, 0.15) is 35.2 Å². The van der Waals surface area contributed by atoms with E-state index in [2.05, 4.69) is 34.2 Å². The fourth-order valence-electron chi connectivity index (χ4n) is 5.09. The minimum Gasteiger partial charge on any atom is -0.376 e. The van der Waals surface area contributed by atoms with Crippen molar-refractivity contribution in [3.05, 3.63) is 77.6 Å². The summed E-state index contributed by atoms with van der Waals surface area (Å²) in [6, 6.07) is 18.0. The lowest BCUT2D eigenvalue weighted by Gasteiger charge is -2.28. The van der Waals surface area contributed by atoms with Crippen molar-refractivity contribution in [1.82, 2.24) is 20.0 Å². The highest BCUT2D eigenvalue weighted by Crippen LogP contribution is 2.21. The Morgan fingerprint density at radius 2 is 1.79 bits per heavy atom. The van der Waals surface area contributed by atoms with Crippen molar-refractivity contribution in [2.24, 2.45) is 0 Å². The predicted octanol–water partition coefficient (Wildman–Crippen LogP) is 3.95. The fraction of sp³-hybridized carbons (Fsp3) is 0.400. The molecule has 1 aromatic heterocycles. The molecule has 2 fully saturated rings. The minimum absolute atomic E-state index is 0.0296. The molecule has 39 heavy (non-hydrogen) atoms. The molecule has 0 spiro atoms. The van der Waals surface area contributed by atoms with E-state index in [0.717, 1.165) is 42.9 Å². The first-order chi connectivity index (χ1) is 19.0. The molecule has 0 saturated carbocycles. The molecule has 3 heterocycles. The van der Waals surface area contributed by atoms with Crippen LogP contribution in [0.2, 0.25) is 0 Å². The zero-order valence-corrected chi connectivity index (χ0v) is 22.3. The monoisotopic (exact) mass is 531 g/mol. The number of carbonyl (C=O) groups is 2. The lowest BCUT2D eigenvalue weighted by Crippen LogP contribution is -2.46. The van der Waals surface area contributed by atoms with Gasteiger partial charge in [0.25, 0.3) is 5.91 Å². The normalized spacial score (nSPS) is 17.6. The first kappa shape index (κ1) is 26.7. The lowest BCUT2D eigenvalue weighted by atomic mass is 10.1. The van der Waals surface area contributed by atoms with Crippen molar-refractivity contribution >= 4 is 17.6 Å². The summed E-state index contributed by atoms with van der Waals surface area (Å²) in [6.07, 6.45) is 2.35. The molecule has 2 saturated heterocycles. The van der Waals surface area contributed by atoms with E-state index in [0.29, 0.717) is 26.2 Å². The highest BCUT2D eigenvalue weighted by atomic mass is 19.1. The van der Waals surface area contributed by atoms with Crippen molar-refractivity contribution < 1.29 is 18.7 Å². The van der Waals surface area contributed by atoms with Crippen LogP contribution in [0, 0.1) is 12.7 Å². The third kappa shape index (κ3) is 6.60. The molecule has 204 valence electrons. The average molecular weight is 532 g/mol. The summed E-state index contributed by atoms with van der Waals surface area (Å²) in [6.45, 7) is 5.27. The number of nitrogens with zero attached hydrogens (tertiary/aromatic N) is 5. The maximum absolute atomic E-state index is 14.4. The molecule has 2 amide bonds. The Labute approximate surface area is 228 Å². The minimum atomic E-state index is -0.591. The number of hydrogen-bond donors (Lipinski definition) is 0. The Balaban J connectivity index is 1.22. The molecular weight excluding hydrogens is 497 g/mol. The third-order valence-corrected chi connectivity index (χ3v) is 7.34. The largest absolute Gasteiger partial charge is 0.376 e. The Kier molecular flexibility index (Phi) is 8.46. The van der Waals surface area contributed by atoms with Crippen LogP contribution in [-0.2, 0) is 9.53 Å². The standard InChI is InChI=1S/C30H34FN5O3/c1-22-9-11-23(12-10-22)27-13-14-28(33-32-27)34-15-5-16-35(18-17-34)29(37)21-36(20-24-6-4-19-39-24)30(38)25-7-2-3-8-26(25)31/h2-3,7-14,24H,4-6,15-21H2,1H3. The lowest BCUT2D eigenvalue weighted by molar-refractivity contribution is -0.132. The van der Waals surface area contributed by atoms with Crippen LogP contribution in [-0.4, -0.2) is 83.8 Å². The Morgan fingerprint density at radius 1 is 0.974 bits per heavy atom. The van der Waals surface area contributed by atoms with Gasteiger partial charge in [-0.15, -0.1) is 10.2 Å². The number of rotatable bonds is 7. The van der Waals surface area contributed by atoms with Crippen molar-refractivity contribution in [3.8, 4) is 11.3 Å². The summed E-state index contributed by atoms with van der Waals surface area (Å²) in [5, 5.41) is 8.88. The number of benzene rings is 2. The molecule has 0 aliphatic carbocycles. The van der Waals surface area contributed by atoms with Gasteiger partial charge in [-0.25, -0.2) is 4.39 Å². The molecule has 0 radical (unpaired) electrons. The van der Waals surface area contributed by atoms with Crippen LogP contribution in [0.4, 0.5) is 10.2 Å². The first-order valence-corrected chi connectivity index (χ1v) is 13.6. The van der Waals surface area contributed by atoms with E-state index in [1.807, 2.05) is 24.3 Å². The van der Waals surface area contributed by atoms with Crippen LogP contribution < -0.4 is 4.90 Å². The number of hydrogen-bond acceptors (Lipinski definition) is 6. The molecule has 0 N–H and O–H groups in total. The third-order valence-electron chi connectivity index (χ3n) is 7.34. The van der Waals surface area contributed by atoms with Gasteiger partial charge in [0, 0.05) is 44.9 Å². The Bertz CT molecular complexity index is 1280. The van der Waals surface area contributed by atoms with Crippen molar-refractivity contribution in [3.63, 3.8) is 0 Å². The number of carbonyl (C=O) groups excluding carboxylic acids is 2. The zero-order chi connectivity index (χ0) is 27.2. The molecule has 2 aliphatic heterocycles. The van der Waals surface area contributed by atoms with E-state index in [4.69, 9.17) is 4.74 Å². The number of halogens is 1. The van der Waals surface area contributed by atoms with Gasteiger partial charge in [-0.05, 0) is 50.5 Å². The summed E-state index contributed by atoms with van der Waals surface area (Å²) < 4.78 is 20.1. The number of amides is 2. The molecular formula is C30H34FN5O3. The topological polar surface area (TPSA) is 78.9 Å². The molecule has 3 aromatic rings. The molecule has 0 bridgehead atoms. The second kappa shape index (κ2) is 12.3. The summed E-state index contributed by atoms with van der Waals surface area (Å²) in [5.41, 5.74) is 3.00. The molecule has 8 nitrogen and oxygen atoms in total. The van der Waals surface area contributed by atoms with Gasteiger partial charge in [0.2, 0.25) is 5.91 Å². The van der Waals surface area contributed by atoms with Gasteiger partial charge in [0.15, 0.2) is 5.82 Å². The van der Waals surface area contributed by atoms with Gasteiger partial charge in [-0.1, -0.05) is 42.0 Å². The molecule has 2 aromatic carbocycles. The maximum Gasteiger partial charge on any atom is 0.257 e. The van der Waals surface area contributed by atoms with E-state index in [9.17, 15) is 14.0 Å². The fourth-order valence-corrected chi connectivity index (χ4v) is 5.09. The van der Waals surface area contributed by atoms with E-state index in [-0.39, 0.29) is 30.7 Å². The van der Waals surface area contributed by atoms with Crippen LogP contribution in [0.5, 0.6) is 0 Å². The van der Waals surface area contributed by atoms with Gasteiger partial charge in [0.1, 0.15) is 12.4 Å². The number of anilines is 1. The van der Waals surface area contributed by atoms with E-state index < -0.39 is 11.7 Å². The summed E-state index contributed by atoms with van der Waals surface area (Å²) in [7, 11) is 0. The van der Waals surface area contributed by atoms with Gasteiger partial charge < -0.3 is 19.4 Å². The van der Waals surface area contributed by atoms with Gasteiger partial charge in [-0.3, -0.25) is 9.59 Å². The van der Waals surface area contributed by atoms with E-state index >= 15 is 0 Å². The van der Waals surface area contributed by atoms with Gasteiger partial charge in [-0.2, -0.15) is 0 Å². The zero-order valence-electron chi connectivity index (χ0n) is 22.3. The summed E-state index contributed by atoms with van der Waals surface area (Å²) >= 11 is 0. The summed E-state index contributed by atoms with van der Waals surface area (Å²) in [4.78, 5) is 32.0. The van der Waals surface area contributed by atoms with Crippen LogP contribution >= 0.6 is 0 Å². The van der Waals surface area contributed by atoms with E-state index in [1.165, 1.54) is 22.6 Å². The SMILES string of the molecule is Cc1ccc(-c2ccc(N3CCCN(C(=O)CN(CC4CCCO4)C(=O)c4ccccc4F)CC3)nn2)cc1. The molecule has 2 aliphatic rings. The van der Waals surface area contributed by atoms with Crippen LogP contribution in [0.15, 0.2) is 60.7 Å². The smallest absolute Gasteiger partial charge is 0.257 e. The van der Waals surface area contributed by atoms with Gasteiger partial charge >= 0.3 is 0 Å². The summed E-state index contributed by atoms with van der Waals surface area (Å²) in [5.74, 6) is -0.459. The number of aryl methyl sites for hydroxylation is 1. The predicted molar refractivity (Wildman–Crippen MR) is 147 cm³/mol. The second-order valence-electron chi connectivity index (χ2n) is 10.2. The molecule has 1 unspecified atom stereocenters. The van der Waals surface area contributed by atoms with E-state index in [1.54, 1.807) is 17.0 Å². The first-order valence-electron chi connectivity index (χ1n) is 13.6. The highest BCUT2D eigenvalue weighted by molar-refractivity contribution is 5.96. The maximum atomic E-state index is 14.4. The van der Waals surface area contributed by atoms with Crippen molar-refractivity contribution in [2.75, 3.05) is 50.8 Å². The van der Waals surface area contributed by atoms with Crippen LogP contribution in [0.25, 0.3) is 11.3 Å². The second-order valence-corrected chi connectivity index (χ2v) is 10.2. The molecule has 9 heteroatoms. The Hall–Kier alpha value is -3.85. The Morgan fingerprint density at radius 3 is 2.51 bits per heavy atom. The van der Waals surface area contributed by atoms with Crippen molar-refractivity contribution in [2.45, 2.75) is 32.3 Å². The molecule has 5 rings (SSSR count). The highest BCUT2D eigenvalue weighted by Gasteiger charge is 2.29.